The molecular weight excluding hydrogens is 314 g/mol. The summed E-state index contributed by atoms with van der Waals surface area (Å²) in [5.41, 5.74) is 0. The number of hydrogen-bond acceptors (Lipinski definition) is 4. The third-order valence-electron chi connectivity index (χ3n) is 1.68. The van der Waals surface area contributed by atoms with E-state index >= 15 is 0 Å². The van der Waals surface area contributed by atoms with E-state index in [-0.39, 0.29) is 0 Å². The van der Waals surface area contributed by atoms with Crippen LogP contribution in [0.4, 0.5) is 0 Å². The van der Waals surface area contributed by atoms with E-state index in [0.717, 1.165) is 0 Å². The first kappa shape index (κ1) is 13.7. The van der Waals surface area contributed by atoms with Gasteiger partial charge >= 0.3 is 0 Å². The topological polar surface area (TPSA) is 55.4 Å². The molecule has 1 heterocycles. The zero-order valence-corrected chi connectivity index (χ0v) is 11.7. The Hall–Kier alpha value is -0.370. The van der Waals surface area contributed by atoms with E-state index in [9.17, 15) is 8.42 Å². The third-order valence-corrected chi connectivity index (χ3v) is 5.81. The van der Waals surface area contributed by atoms with Crippen LogP contribution < -0.4 is 4.72 Å². The van der Waals surface area contributed by atoms with E-state index in [1.807, 2.05) is 0 Å². The number of sulfonamides is 1. The molecule has 0 aliphatic heterocycles. The second kappa shape index (κ2) is 6.39. The fourth-order valence-corrected chi connectivity index (χ4v) is 4.44. The largest absolute Gasteiger partial charge is 0.502 e. The van der Waals surface area contributed by atoms with Crippen molar-refractivity contribution in [2.24, 2.45) is 0 Å². The van der Waals surface area contributed by atoms with Gasteiger partial charge in [0, 0.05) is 11.0 Å². The van der Waals surface area contributed by atoms with Crippen LogP contribution in [0.25, 0.3) is 0 Å². The molecule has 0 aliphatic rings. The van der Waals surface area contributed by atoms with Crippen LogP contribution in [0.15, 0.2) is 33.0 Å². The first-order chi connectivity index (χ1) is 7.58. The van der Waals surface area contributed by atoms with Crippen LogP contribution in [0.2, 0.25) is 0 Å². The van der Waals surface area contributed by atoms with Crippen molar-refractivity contribution in [3.05, 3.63) is 28.8 Å². The number of rotatable bonds is 7. The first-order valence-corrected chi connectivity index (χ1v) is 7.68. The average Bonchev–Trinajstić information content (AvgIpc) is 2.65. The molecule has 1 rings (SSSR count). The second-order valence-corrected chi connectivity index (χ2v) is 6.58. The van der Waals surface area contributed by atoms with Crippen LogP contribution in [0, 0.1) is 0 Å². The van der Waals surface area contributed by atoms with E-state index in [0.29, 0.717) is 28.3 Å². The summed E-state index contributed by atoms with van der Waals surface area (Å²) in [5.74, 6) is 0. The maximum Gasteiger partial charge on any atom is 0.251 e. The van der Waals surface area contributed by atoms with E-state index < -0.39 is 10.0 Å². The number of nitrogens with one attached hydrogen (secondary N) is 1. The molecule has 1 aromatic heterocycles. The highest BCUT2D eigenvalue weighted by atomic mass is 79.9. The molecule has 0 bridgehead atoms. The molecule has 0 fully saturated rings. The molecule has 0 saturated carbocycles. The molecule has 0 aromatic carbocycles. The van der Waals surface area contributed by atoms with Gasteiger partial charge in [-0.05, 0) is 33.8 Å². The Bertz CT molecular complexity index is 441. The van der Waals surface area contributed by atoms with Crippen LogP contribution in [0.1, 0.15) is 6.42 Å². The zero-order chi connectivity index (χ0) is 12.0. The predicted molar refractivity (Wildman–Crippen MR) is 68.0 cm³/mol. The summed E-state index contributed by atoms with van der Waals surface area (Å²) < 4.78 is 31.8. The highest BCUT2D eigenvalue weighted by molar-refractivity contribution is 9.10. The van der Waals surface area contributed by atoms with Crippen molar-refractivity contribution in [2.45, 2.75) is 10.6 Å². The molecule has 1 aromatic rings. The van der Waals surface area contributed by atoms with Crippen LogP contribution >= 0.6 is 27.3 Å². The van der Waals surface area contributed by atoms with Crippen LogP contribution in [-0.4, -0.2) is 21.6 Å². The number of thiophene rings is 1. The molecule has 0 amide bonds. The van der Waals surface area contributed by atoms with Crippen LogP contribution in [0.5, 0.6) is 0 Å². The van der Waals surface area contributed by atoms with Gasteiger partial charge in [0.05, 0.1) is 12.9 Å². The lowest BCUT2D eigenvalue weighted by atomic mass is 10.5. The maximum absolute atomic E-state index is 11.8. The molecule has 7 heteroatoms. The van der Waals surface area contributed by atoms with E-state index in [4.69, 9.17) is 4.74 Å². The Balaban J connectivity index is 2.47. The molecular formula is C9H12BrNO3S2. The summed E-state index contributed by atoms with van der Waals surface area (Å²) in [6.07, 6.45) is 1.94. The van der Waals surface area contributed by atoms with Gasteiger partial charge in [-0.25, -0.2) is 13.1 Å². The quantitative estimate of drug-likeness (QED) is 0.618. The summed E-state index contributed by atoms with van der Waals surface area (Å²) in [6.45, 7) is 4.20. The Morgan fingerprint density at radius 2 is 2.38 bits per heavy atom. The molecule has 0 radical (unpaired) electrons. The van der Waals surface area contributed by atoms with E-state index in [1.165, 1.54) is 17.6 Å². The van der Waals surface area contributed by atoms with Gasteiger partial charge in [0.15, 0.2) is 0 Å². The minimum absolute atomic E-state index is 0.303. The molecule has 0 aliphatic carbocycles. The lowest BCUT2D eigenvalue weighted by molar-refractivity contribution is 0.247. The SMILES string of the molecule is C=COCCCNS(=O)(=O)c1sccc1Br. The lowest BCUT2D eigenvalue weighted by Crippen LogP contribution is -2.25. The zero-order valence-electron chi connectivity index (χ0n) is 8.48. The molecule has 0 atom stereocenters. The van der Waals surface area contributed by atoms with Crippen molar-refractivity contribution < 1.29 is 13.2 Å². The molecule has 1 N–H and O–H groups in total. The Kier molecular flexibility index (Phi) is 5.47. The maximum atomic E-state index is 11.8. The normalized spacial score (nSPS) is 11.3. The first-order valence-electron chi connectivity index (χ1n) is 4.53. The standard InChI is InChI=1S/C9H12BrNO3S2/c1-2-14-6-3-5-11-16(12,13)9-8(10)4-7-15-9/h2,4,7,11H,1,3,5-6H2. The van der Waals surface area contributed by atoms with Gasteiger partial charge in [-0.3, -0.25) is 0 Å². The van der Waals surface area contributed by atoms with Gasteiger partial charge in [0.2, 0.25) is 0 Å². The van der Waals surface area contributed by atoms with Crippen molar-refractivity contribution in [3.63, 3.8) is 0 Å². The fourth-order valence-electron chi connectivity index (χ4n) is 0.983. The van der Waals surface area contributed by atoms with Gasteiger partial charge in [-0.15, -0.1) is 11.3 Å². The number of halogens is 1. The van der Waals surface area contributed by atoms with Crippen molar-refractivity contribution in [2.75, 3.05) is 13.2 Å². The predicted octanol–water partition coefficient (Wildman–Crippen LogP) is 2.34. The van der Waals surface area contributed by atoms with Crippen molar-refractivity contribution >= 4 is 37.3 Å². The van der Waals surface area contributed by atoms with Gasteiger partial charge in [0.1, 0.15) is 4.21 Å². The van der Waals surface area contributed by atoms with Gasteiger partial charge in [0.25, 0.3) is 10.0 Å². The van der Waals surface area contributed by atoms with Gasteiger partial charge in [-0.2, -0.15) is 0 Å². The van der Waals surface area contributed by atoms with E-state index in [2.05, 4.69) is 27.2 Å². The molecule has 0 unspecified atom stereocenters. The average molecular weight is 326 g/mol. The molecule has 90 valence electrons. The summed E-state index contributed by atoms with van der Waals surface area (Å²) in [5, 5.41) is 1.72. The van der Waals surface area contributed by atoms with Crippen LogP contribution in [-0.2, 0) is 14.8 Å². The van der Waals surface area contributed by atoms with Crippen LogP contribution in [0.3, 0.4) is 0 Å². The highest BCUT2D eigenvalue weighted by Gasteiger charge is 2.18. The third kappa shape index (κ3) is 3.89. The van der Waals surface area contributed by atoms with Gasteiger partial charge < -0.3 is 4.74 Å². The number of hydrogen-bond donors (Lipinski definition) is 1. The Labute approximate surface area is 107 Å². The molecule has 16 heavy (non-hydrogen) atoms. The summed E-state index contributed by atoms with van der Waals surface area (Å²) in [4.78, 5) is 0. The van der Waals surface area contributed by atoms with Gasteiger partial charge in [-0.1, -0.05) is 6.58 Å². The second-order valence-electron chi connectivity index (χ2n) is 2.84. The monoisotopic (exact) mass is 325 g/mol. The molecule has 0 spiro atoms. The Morgan fingerprint density at radius 1 is 1.62 bits per heavy atom. The molecule has 4 nitrogen and oxygen atoms in total. The lowest BCUT2D eigenvalue weighted by Gasteiger charge is -2.05. The summed E-state index contributed by atoms with van der Waals surface area (Å²) in [7, 11) is -3.39. The minimum Gasteiger partial charge on any atom is -0.502 e. The fraction of sp³-hybridized carbons (Fsp3) is 0.333. The van der Waals surface area contributed by atoms with Crippen molar-refractivity contribution in [1.82, 2.24) is 4.72 Å². The van der Waals surface area contributed by atoms with E-state index in [1.54, 1.807) is 11.4 Å². The smallest absolute Gasteiger partial charge is 0.251 e. The van der Waals surface area contributed by atoms with Crippen molar-refractivity contribution in [3.8, 4) is 0 Å². The minimum atomic E-state index is -3.39. The molecule has 0 saturated heterocycles. The van der Waals surface area contributed by atoms with Crippen molar-refractivity contribution in [1.29, 1.82) is 0 Å². The number of ether oxygens (including phenoxy) is 1. The highest BCUT2D eigenvalue weighted by Crippen LogP contribution is 2.27. The summed E-state index contributed by atoms with van der Waals surface area (Å²) >= 11 is 4.37. The summed E-state index contributed by atoms with van der Waals surface area (Å²) in [6, 6.07) is 1.71. The Morgan fingerprint density at radius 3 is 2.94 bits per heavy atom.